The van der Waals surface area contributed by atoms with Gasteiger partial charge in [0.15, 0.2) is 0 Å². The van der Waals surface area contributed by atoms with Crippen molar-refractivity contribution in [1.29, 1.82) is 0 Å². The van der Waals surface area contributed by atoms with E-state index in [0.717, 1.165) is 17.7 Å². The van der Waals surface area contributed by atoms with Gasteiger partial charge >= 0.3 is 5.97 Å². The first-order valence-corrected chi connectivity index (χ1v) is 12.6. The number of carbonyl (C=O) groups excluding carboxylic acids is 4. The fourth-order valence-electron chi connectivity index (χ4n) is 3.75. The van der Waals surface area contributed by atoms with E-state index in [1.54, 1.807) is 66.7 Å². The minimum atomic E-state index is -0.666. The van der Waals surface area contributed by atoms with Gasteiger partial charge in [-0.05, 0) is 73.2 Å². The van der Waals surface area contributed by atoms with Gasteiger partial charge in [-0.2, -0.15) is 0 Å². The summed E-state index contributed by atoms with van der Waals surface area (Å²) in [4.78, 5) is 51.7. The van der Waals surface area contributed by atoms with Crippen LogP contribution in [0.2, 0.25) is 0 Å². The zero-order valence-electron chi connectivity index (χ0n) is 21.3. The predicted molar refractivity (Wildman–Crippen MR) is 148 cm³/mol. The lowest BCUT2D eigenvalue weighted by molar-refractivity contribution is -0.120. The summed E-state index contributed by atoms with van der Waals surface area (Å²) in [5, 5.41) is 5.37. The summed E-state index contributed by atoms with van der Waals surface area (Å²) >= 11 is 6.22. The molecule has 0 aliphatic carbocycles. The standard InChI is InChI=1S/C29H26ClN3O6/c1-3-4-16-39-29(37)18-8-10-20(11-9-18)32-26(34)19-6-5-7-21(17-19)31-25-24(30)27(35)33(28(25)36)22-12-14-23(38-2)15-13-22/h5-15,17,31H,3-4,16H2,1-2H3,(H,32,34). The van der Waals surface area contributed by atoms with Crippen molar-refractivity contribution in [1.82, 2.24) is 0 Å². The highest BCUT2D eigenvalue weighted by atomic mass is 35.5. The zero-order valence-corrected chi connectivity index (χ0v) is 22.1. The van der Waals surface area contributed by atoms with Crippen LogP contribution in [0.3, 0.4) is 0 Å². The maximum absolute atomic E-state index is 13.1. The molecule has 10 heteroatoms. The van der Waals surface area contributed by atoms with Crippen molar-refractivity contribution in [2.24, 2.45) is 0 Å². The smallest absolute Gasteiger partial charge is 0.338 e. The quantitative estimate of drug-likeness (QED) is 0.200. The number of ether oxygens (including phenoxy) is 2. The molecule has 0 aromatic heterocycles. The minimum Gasteiger partial charge on any atom is -0.497 e. The number of rotatable bonds is 10. The molecule has 200 valence electrons. The van der Waals surface area contributed by atoms with Gasteiger partial charge in [-0.3, -0.25) is 14.4 Å². The highest BCUT2D eigenvalue weighted by Gasteiger charge is 2.39. The summed E-state index contributed by atoms with van der Waals surface area (Å²) in [7, 11) is 1.51. The van der Waals surface area contributed by atoms with Crippen molar-refractivity contribution in [3.05, 3.63) is 94.7 Å². The normalized spacial score (nSPS) is 12.9. The minimum absolute atomic E-state index is 0.101. The monoisotopic (exact) mass is 547 g/mol. The van der Waals surface area contributed by atoms with Gasteiger partial charge in [0.1, 0.15) is 16.5 Å². The molecule has 9 nitrogen and oxygen atoms in total. The highest BCUT2D eigenvalue weighted by Crippen LogP contribution is 2.31. The van der Waals surface area contributed by atoms with Crippen molar-refractivity contribution in [2.75, 3.05) is 29.3 Å². The SMILES string of the molecule is CCCCOC(=O)c1ccc(NC(=O)c2cccc(NC3=C(Cl)C(=O)N(c4ccc(OC)cc4)C3=O)c2)cc1. The lowest BCUT2D eigenvalue weighted by atomic mass is 10.1. The third kappa shape index (κ3) is 6.27. The molecule has 1 aliphatic heterocycles. The fraction of sp³-hybridized carbons (Fsp3) is 0.172. The van der Waals surface area contributed by atoms with Crippen LogP contribution in [0.25, 0.3) is 0 Å². The Kier molecular flexibility index (Phi) is 8.63. The van der Waals surface area contributed by atoms with Gasteiger partial charge in [-0.15, -0.1) is 0 Å². The maximum Gasteiger partial charge on any atom is 0.338 e. The Morgan fingerprint density at radius 2 is 1.62 bits per heavy atom. The molecule has 4 rings (SSSR count). The van der Waals surface area contributed by atoms with E-state index in [2.05, 4.69) is 10.6 Å². The van der Waals surface area contributed by atoms with Crippen LogP contribution < -0.4 is 20.3 Å². The Morgan fingerprint density at radius 3 is 2.28 bits per heavy atom. The topological polar surface area (TPSA) is 114 Å². The van der Waals surface area contributed by atoms with Gasteiger partial charge in [-0.25, -0.2) is 9.69 Å². The molecule has 1 heterocycles. The van der Waals surface area contributed by atoms with E-state index in [9.17, 15) is 19.2 Å². The van der Waals surface area contributed by atoms with Crippen LogP contribution >= 0.6 is 11.6 Å². The molecule has 2 N–H and O–H groups in total. The number of amides is 3. The van der Waals surface area contributed by atoms with Gasteiger partial charge in [0.2, 0.25) is 0 Å². The number of unbranched alkanes of at least 4 members (excludes halogenated alkanes) is 1. The van der Waals surface area contributed by atoms with Crippen molar-refractivity contribution in [2.45, 2.75) is 19.8 Å². The largest absolute Gasteiger partial charge is 0.497 e. The van der Waals surface area contributed by atoms with Crippen LogP contribution in [0.5, 0.6) is 5.75 Å². The second-order valence-electron chi connectivity index (χ2n) is 8.56. The van der Waals surface area contributed by atoms with Gasteiger partial charge in [-0.1, -0.05) is 31.0 Å². The molecule has 1 aliphatic rings. The van der Waals surface area contributed by atoms with Crippen LogP contribution in [0, 0.1) is 0 Å². The Labute approximate surface area is 230 Å². The van der Waals surface area contributed by atoms with Crippen LogP contribution in [-0.2, 0) is 14.3 Å². The second kappa shape index (κ2) is 12.3. The van der Waals surface area contributed by atoms with E-state index in [1.165, 1.54) is 13.2 Å². The number of carbonyl (C=O) groups is 4. The first-order chi connectivity index (χ1) is 18.8. The molecule has 3 aromatic rings. The number of anilines is 3. The predicted octanol–water partition coefficient (Wildman–Crippen LogP) is 5.34. The summed E-state index contributed by atoms with van der Waals surface area (Å²) < 4.78 is 10.3. The van der Waals surface area contributed by atoms with E-state index in [-0.39, 0.29) is 10.7 Å². The molecule has 3 amide bonds. The molecule has 0 fully saturated rings. The Bertz CT molecular complexity index is 1430. The molecular formula is C29H26ClN3O6. The lowest BCUT2D eigenvalue weighted by Gasteiger charge is -2.15. The number of imide groups is 1. The summed E-state index contributed by atoms with van der Waals surface area (Å²) in [5.74, 6) is -1.55. The van der Waals surface area contributed by atoms with Gasteiger partial charge in [0, 0.05) is 16.9 Å². The van der Waals surface area contributed by atoms with Crippen molar-refractivity contribution >= 4 is 52.4 Å². The summed E-state index contributed by atoms with van der Waals surface area (Å²) in [6.45, 7) is 2.37. The zero-order chi connectivity index (χ0) is 27.9. The number of hydrogen-bond donors (Lipinski definition) is 2. The average molecular weight is 548 g/mol. The third-order valence-corrected chi connectivity index (χ3v) is 6.21. The average Bonchev–Trinajstić information content (AvgIpc) is 3.16. The highest BCUT2D eigenvalue weighted by molar-refractivity contribution is 6.53. The van der Waals surface area contributed by atoms with E-state index < -0.39 is 23.7 Å². The maximum atomic E-state index is 13.1. The first kappa shape index (κ1) is 27.4. The van der Waals surface area contributed by atoms with Gasteiger partial charge < -0.3 is 20.1 Å². The fourth-order valence-corrected chi connectivity index (χ4v) is 3.96. The molecule has 0 radical (unpaired) electrons. The molecule has 0 bridgehead atoms. The van der Waals surface area contributed by atoms with Gasteiger partial charge in [0.05, 0.1) is 25.0 Å². The molecule has 0 atom stereocenters. The molecular weight excluding hydrogens is 522 g/mol. The number of nitrogens with zero attached hydrogens (tertiary/aromatic N) is 1. The van der Waals surface area contributed by atoms with E-state index in [4.69, 9.17) is 21.1 Å². The van der Waals surface area contributed by atoms with Crippen LogP contribution in [0.4, 0.5) is 17.1 Å². The number of halogens is 1. The molecule has 0 spiro atoms. The number of nitrogens with one attached hydrogen (secondary N) is 2. The van der Waals surface area contributed by atoms with Crippen molar-refractivity contribution in [3.8, 4) is 5.75 Å². The van der Waals surface area contributed by atoms with Crippen LogP contribution in [-0.4, -0.2) is 37.4 Å². The Morgan fingerprint density at radius 1 is 0.897 bits per heavy atom. The van der Waals surface area contributed by atoms with E-state index >= 15 is 0 Å². The second-order valence-corrected chi connectivity index (χ2v) is 8.94. The number of benzene rings is 3. The molecule has 39 heavy (non-hydrogen) atoms. The van der Waals surface area contributed by atoms with Crippen LogP contribution in [0.15, 0.2) is 83.5 Å². The van der Waals surface area contributed by atoms with Crippen molar-refractivity contribution in [3.63, 3.8) is 0 Å². The van der Waals surface area contributed by atoms with E-state index in [0.29, 0.717) is 40.5 Å². The summed E-state index contributed by atoms with van der Waals surface area (Å²) in [6.07, 6.45) is 1.72. The summed E-state index contributed by atoms with van der Waals surface area (Å²) in [5.41, 5.74) is 1.80. The van der Waals surface area contributed by atoms with E-state index in [1.807, 2.05) is 6.92 Å². The van der Waals surface area contributed by atoms with Crippen molar-refractivity contribution < 1.29 is 28.7 Å². The van der Waals surface area contributed by atoms with Crippen LogP contribution in [0.1, 0.15) is 40.5 Å². The number of methoxy groups -OCH3 is 1. The molecule has 0 saturated carbocycles. The molecule has 0 saturated heterocycles. The van der Waals surface area contributed by atoms with Gasteiger partial charge in [0.25, 0.3) is 17.7 Å². The molecule has 3 aromatic carbocycles. The lowest BCUT2D eigenvalue weighted by Crippen LogP contribution is -2.32. The Balaban J connectivity index is 1.43. The Hall–Kier alpha value is -4.63. The molecule has 0 unspecified atom stereocenters. The number of hydrogen-bond acceptors (Lipinski definition) is 7. The summed E-state index contributed by atoms with van der Waals surface area (Å²) in [6, 6.07) is 19.2. The first-order valence-electron chi connectivity index (χ1n) is 12.2. The third-order valence-electron chi connectivity index (χ3n) is 5.86. The number of esters is 1.